The van der Waals surface area contributed by atoms with Crippen LogP contribution in [0.5, 0.6) is 0 Å². The van der Waals surface area contributed by atoms with Crippen LogP contribution < -0.4 is 5.06 Å². The van der Waals surface area contributed by atoms with Gasteiger partial charge in [-0.25, -0.2) is 5.06 Å². The summed E-state index contributed by atoms with van der Waals surface area (Å²) in [5.74, 6) is 0. The summed E-state index contributed by atoms with van der Waals surface area (Å²) in [7, 11) is 0. The molecule has 0 bridgehead atoms. The standard InChI is InChI=1S/C22H19N3O/c1-2-6-17(7-3-1)25-21(14-22(26-25)16-10-12-23-13-11-16)19-15-24-20-9-5-4-8-18(19)20/h1-13,15,21-22,24H,14H2/t21-,22+/m1/s1. The van der Waals surface area contributed by atoms with E-state index in [0.29, 0.717) is 0 Å². The van der Waals surface area contributed by atoms with Gasteiger partial charge in [-0.05, 0) is 35.9 Å². The minimum Gasteiger partial charge on any atom is -0.361 e. The van der Waals surface area contributed by atoms with Gasteiger partial charge in [-0.3, -0.25) is 9.82 Å². The number of benzene rings is 2. The SMILES string of the molecule is c1ccc(N2O[C@H](c3ccncc3)C[C@@H]2c2c[nH]c3ccccc23)cc1. The van der Waals surface area contributed by atoms with E-state index in [2.05, 4.69) is 57.6 Å². The fraction of sp³-hybridized carbons (Fsp3) is 0.136. The molecule has 5 rings (SSSR count). The number of H-pyrrole nitrogens is 1. The molecule has 128 valence electrons. The van der Waals surface area contributed by atoms with E-state index in [1.807, 2.05) is 42.7 Å². The van der Waals surface area contributed by atoms with Crippen LogP contribution in [0.1, 0.15) is 29.7 Å². The average molecular weight is 341 g/mol. The second kappa shape index (κ2) is 6.32. The fourth-order valence-corrected chi connectivity index (χ4v) is 3.77. The lowest BCUT2D eigenvalue weighted by molar-refractivity contribution is 0.0836. The summed E-state index contributed by atoms with van der Waals surface area (Å²) >= 11 is 0. The van der Waals surface area contributed by atoms with Crippen molar-refractivity contribution in [3.8, 4) is 0 Å². The monoisotopic (exact) mass is 341 g/mol. The number of nitrogens with one attached hydrogen (secondary N) is 1. The van der Waals surface area contributed by atoms with E-state index in [1.165, 1.54) is 10.9 Å². The molecule has 0 amide bonds. The lowest BCUT2D eigenvalue weighted by Crippen LogP contribution is -2.21. The maximum absolute atomic E-state index is 6.41. The van der Waals surface area contributed by atoms with Crippen LogP contribution in [0.2, 0.25) is 0 Å². The number of hydrogen-bond donors (Lipinski definition) is 1. The number of aromatic amines is 1. The summed E-state index contributed by atoms with van der Waals surface area (Å²) in [6.45, 7) is 0. The molecule has 0 aliphatic carbocycles. The molecule has 0 radical (unpaired) electrons. The van der Waals surface area contributed by atoms with Crippen LogP contribution in [-0.4, -0.2) is 9.97 Å². The van der Waals surface area contributed by atoms with E-state index in [-0.39, 0.29) is 12.1 Å². The molecule has 1 aliphatic rings. The lowest BCUT2D eigenvalue weighted by Gasteiger charge is -2.24. The molecule has 1 aliphatic heterocycles. The van der Waals surface area contributed by atoms with E-state index in [1.54, 1.807) is 0 Å². The van der Waals surface area contributed by atoms with Gasteiger partial charge in [0, 0.05) is 41.5 Å². The van der Waals surface area contributed by atoms with Crippen molar-refractivity contribution in [2.24, 2.45) is 0 Å². The van der Waals surface area contributed by atoms with Crippen LogP contribution in [-0.2, 0) is 4.84 Å². The summed E-state index contributed by atoms with van der Waals surface area (Å²) in [6, 6.07) is 22.9. The first-order valence-electron chi connectivity index (χ1n) is 8.87. The Balaban J connectivity index is 1.58. The van der Waals surface area contributed by atoms with Crippen molar-refractivity contribution in [2.45, 2.75) is 18.6 Å². The number of hydrogen-bond acceptors (Lipinski definition) is 3. The summed E-state index contributed by atoms with van der Waals surface area (Å²) in [6.07, 6.45) is 6.66. The number of nitrogens with zero attached hydrogens (tertiary/aromatic N) is 2. The third kappa shape index (κ3) is 2.55. The molecule has 2 aromatic heterocycles. The highest BCUT2D eigenvalue weighted by Crippen LogP contribution is 2.45. The number of rotatable bonds is 3. The lowest BCUT2D eigenvalue weighted by atomic mass is 9.98. The Morgan fingerprint density at radius 3 is 2.54 bits per heavy atom. The summed E-state index contributed by atoms with van der Waals surface area (Å²) in [4.78, 5) is 13.9. The van der Waals surface area contributed by atoms with Crippen LogP contribution in [0, 0.1) is 0 Å². The van der Waals surface area contributed by atoms with Crippen LogP contribution in [0.3, 0.4) is 0 Å². The smallest absolute Gasteiger partial charge is 0.113 e. The molecule has 2 atom stereocenters. The quantitative estimate of drug-likeness (QED) is 0.558. The van der Waals surface area contributed by atoms with E-state index in [9.17, 15) is 0 Å². The van der Waals surface area contributed by atoms with Gasteiger partial charge in [-0.15, -0.1) is 0 Å². The summed E-state index contributed by atoms with van der Waals surface area (Å²) < 4.78 is 0. The number of pyridine rings is 1. The van der Waals surface area contributed by atoms with Crippen molar-refractivity contribution in [3.05, 3.63) is 96.4 Å². The molecule has 1 fully saturated rings. The van der Waals surface area contributed by atoms with Crippen molar-refractivity contribution in [3.63, 3.8) is 0 Å². The average Bonchev–Trinajstić information content (AvgIpc) is 3.34. The first-order chi connectivity index (χ1) is 12.9. The number of anilines is 1. The van der Waals surface area contributed by atoms with Gasteiger partial charge < -0.3 is 4.98 Å². The topological polar surface area (TPSA) is 41.1 Å². The molecule has 0 spiro atoms. The number of aromatic nitrogens is 2. The first kappa shape index (κ1) is 15.2. The minimum absolute atomic E-state index is 0.0110. The van der Waals surface area contributed by atoms with Gasteiger partial charge in [0.15, 0.2) is 0 Å². The van der Waals surface area contributed by atoms with Gasteiger partial charge in [0.2, 0.25) is 0 Å². The van der Waals surface area contributed by atoms with Crippen molar-refractivity contribution < 1.29 is 4.84 Å². The Hall–Kier alpha value is -3.11. The Bertz CT molecular complexity index is 1010. The molecule has 4 nitrogen and oxygen atoms in total. The van der Waals surface area contributed by atoms with Gasteiger partial charge in [0.1, 0.15) is 6.10 Å². The Labute approximate surface area is 152 Å². The Morgan fingerprint density at radius 2 is 1.69 bits per heavy atom. The third-order valence-electron chi connectivity index (χ3n) is 5.03. The molecule has 26 heavy (non-hydrogen) atoms. The largest absolute Gasteiger partial charge is 0.361 e. The zero-order valence-corrected chi connectivity index (χ0v) is 14.2. The van der Waals surface area contributed by atoms with Crippen LogP contribution in [0.4, 0.5) is 5.69 Å². The van der Waals surface area contributed by atoms with Gasteiger partial charge in [-0.2, -0.15) is 0 Å². The maximum Gasteiger partial charge on any atom is 0.113 e. The number of hydroxylamine groups is 1. The zero-order valence-electron chi connectivity index (χ0n) is 14.2. The predicted octanol–water partition coefficient (Wildman–Crippen LogP) is 5.19. The van der Waals surface area contributed by atoms with Crippen molar-refractivity contribution in [1.29, 1.82) is 0 Å². The van der Waals surface area contributed by atoms with Crippen LogP contribution >= 0.6 is 0 Å². The van der Waals surface area contributed by atoms with E-state index in [0.717, 1.165) is 23.2 Å². The van der Waals surface area contributed by atoms with Gasteiger partial charge in [0.05, 0.1) is 11.7 Å². The molecule has 1 N–H and O–H groups in total. The molecule has 4 aromatic rings. The highest BCUT2D eigenvalue weighted by Gasteiger charge is 2.37. The van der Waals surface area contributed by atoms with Gasteiger partial charge in [0.25, 0.3) is 0 Å². The summed E-state index contributed by atoms with van der Waals surface area (Å²) in [5.41, 5.74) is 4.64. The predicted molar refractivity (Wildman–Crippen MR) is 103 cm³/mol. The van der Waals surface area contributed by atoms with Crippen molar-refractivity contribution >= 4 is 16.6 Å². The number of para-hydroxylation sites is 2. The van der Waals surface area contributed by atoms with E-state index in [4.69, 9.17) is 4.84 Å². The Morgan fingerprint density at radius 1 is 0.923 bits per heavy atom. The molecule has 3 heterocycles. The second-order valence-electron chi connectivity index (χ2n) is 6.58. The summed E-state index contributed by atoms with van der Waals surface area (Å²) in [5, 5.41) is 3.30. The van der Waals surface area contributed by atoms with Gasteiger partial charge in [-0.1, -0.05) is 36.4 Å². The second-order valence-corrected chi connectivity index (χ2v) is 6.58. The zero-order chi connectivity index (χ0) is 17.3. The third-order valence-corrected chi connectivity index (χ3v) is 5.03. The molecular formula is C22H19N3O. The normalized spacial score (nSPS) is 19.9. The molecule has 0 unspecified atom stereocenters. The van der Waals surface area contributed by atoms with Crippen LogP contribution in [0.25, 0.3) is 10.9 Å². The molecule has 1 saturated heterocycles. The van der Waals surface area contributed by atoms with Crippen molar-refractivity contribution in [1.82, 2.24) is 9.97 Å². The Kier molecular flexibility index (Phi) is 3.68. The first-order valence-corrected chi connectivity index (χ1v) is 8.87. The van der Waals surface area contributed by atoms with Crippen molar-refractivity contribution in [2.75, 3.05) is 5.06 Å². The molecule has 2 aromatic carbocycles. The van der Waals surface area contributed by atoms with Crippen LogP contribution in [0.15, 0.2) is 85.3 Å². The highest BCUT2D eigenvalue weighted by molar-refractivity contribution is 5.84. The molecular weight excluding hydrogens is 322 g/mol. The molecule has 4 heteroatoms. The van der Waals surface area contributed by atoms with Gasteiger partial charge >= 0.3 is 0 Å². The van der Waals surface area contributed by atoms with E-state index >= 15 is 0 Å². The fourth-order valence-electron chi connectivity index (χ4n) is 3.77. The highest BCUT2D eigenvalue weighted by atomic mass is 16.7. The van der Waals surface area contributed by atoms with E-state index < -0.39 is 0 Å². The number of fused-ring (bicyclic) bond motifs is 1. The molecule has 0 saturated carbocycles. The maximum atomic E-state index is 6.41. The minimum atomic E-state index is 0.0110.